The standard InChI is InChI=1S/C14H31N3O4/c1-14(2,3)21-13(19)16-6-9-17(4)8-5-15-7-11-20-12-10-18/h15,18H,5-12H2,1-4H3,(H,16,19). The molecule has 126 valence electrons. The fraction of sp³-hybridized carbons (Fsp3) is 0.929. The van der Waals surface area contributed by atoms with Crippen molar-refractivity contribution in [1.29, 1.82) is 0 Å². The molecule has 0 aliphatic heterocycles. The Morgan fingerprint density at radius 3 is 2.43 bits per heavy atom. The van der Waals surface area contributed by atoms with Gasteiger partial charge in [0.25, 0.3) is 0 Å². The fourth-order valence-electron chi connectivity index (χ4n) is 1.48. The molecule has 0 spiro atoms. The number of ether oxygens (including phenoxy) is 2. The predicted molar refractivity (Wildman–Crippen MR) is 82.5 cm³/mol. The number of aliphatic hydroxyl groups is 1. The molecule has 0 fully saturated rings. The first kappa shape index (κ1) is 20.1. The summed E-state index contributed by atoms with van der Waals surface area (Å²) >= 11 is 0. The third kappa shape index (κ3) is 15.3. The molecule has 0 atom stereocenters. The molecule has 0 aromatic rings. The molecule has 0 aliphatic rings. The second-order valence-corrected chi connectivity index (χ2v) is 5.82. The minimum absolute atomic E-state index is 0.0629. The zero-order valence-corrected chi connectivity index (χ0v) is 13.8. The van der Waals surface area contributed by atoms with E-state index >= 15 is 0 Å². The maximum absolute atomic E-state index is 11.4. The zero-order chi connectivity index (χ0) is 16.1. The first-order chi connectivity index (χ1) is 9.85. The Bertz CT molecular complexity index is 269. The summed E-state index contributed by atoms with van der Waals surface area (Å²) < 4.78 is 10.3. The van der Waals surface area contributed by atoms with Crippen LogP contribution < -0.4 is 10.6 Å². The van der Waals surface area contributed by atoms with Crippen LogP contribution in [0.5, 0.6) is 0 Å². The van der Waals surface area contributed by atoms with Gasteiger partial charge in [-0.2, -0.15) is 0 Å². The Morgan fingerprint density at radius 1 is 1.14 bits per heavy atom. The van der Waals surface area contributed by atoms with Gasteiger partial charge in [0.05, 0.1) is 19.8 Å². The number of nitrogens with zero attached hydrogens (tertiary/aromatic N) is 1. The van der Waals surface area contributed by atoms with Crippen LogP contribution in [0, 0.1) is 0 Å². The van der Waals surface area contributed by atoms with E-state index in [1.165, 1.54) is 0 Å². The lowest BCUT2D eigenvalue weighted by Crippen LogP contribution is -2.38. The van der Waals surface area contributed by atoms with Crippen molar-refractivity contribution in [3.8, 4) is 0 Å². The number of likely N-dealkylation sites (N-methyl/N-ethyl adjacent to an activating group) is 1. The highest BCUT2D eigenvalue weighted by Crippen LogP contribution is 2.05. The Labute approximate surface area is 128 Å². The largest absolute Gasteiger partial charge is 0.444 e. The molecule has 0 saturated carbocycles. The van der Waals surface area contributed by atoms with Gasteiger partial charge in [-0.15, -0.1) is 0 Å². The topological polar surface area (TPSA) is 83.1 Å². The summed E-state index contributed by atoms with van der Waals surface area (Å²) in [5, 5.41) is 14.5. The van der Waals surface area contributed by atoms with Gasteiger partial charge in [-0.25, -0.2) is 4.79 Å². The second kappa shape index (κ2) is 11.7. The van der Waals surface area contributed by atoms with E-state index in [1.807, 2.05) is 27.8 Å². The second-order valence-electron chi connectivity index (χ2n) is 5.82. The third-order valence-corrected chi connectivity index (χ3v) is 2.49. The highest BCUT2D eigenvalue weighted by molar-refractivity contribution is 5.67. The van der Waals surface area contributed by atoms with Crippen LogP contribution in [0.1, 0.15) is 20.8 Å². The summed E-state index contributed by atoms with van der Waals surface area (Å²) in [5.41, 5.74) is -0.460. The molecule has 0 rings (SSSR count). The van der Waals surface area contributed by atoms with Crippen molar-refractivity contribution in [1.82, 2.24) is 15.5 Å². The third-order valence-electron chi connectivity index (χ3n) is 2.49. The number of carbonyl (C=O) groups is 1. The van der Waals surface area contributed by atoms with E-state index in [0.717, 1.165) is 26.2 Å². The van der Waals surface area contributed by atoms with E-state index in [4.69, 9.17) is 14.6 Å². The molecular formula is C14H31N3O4. The van der Waals surface area contributed by atoms with Gasteiger partial charge in [-0.05, 0) is 27.8 Å². The predicted octanol–water partition coefficient (Wildman–Crippen LogP) is 0.0414. The lowest BCUT2D eigenvalue weighted by molar-refractivity contribution is 0.0523. The van der Waals surface area contributed by atoms with Crippen molar-refractivity contribution in [2.45, 2.75) is 26.4 Å². The maximum Gasteiger partial charge on any atom is 0.407 e. The molecule has 0 bridgehead atoms. The van der Waals surface area contributed by atoms with Gasteiger partial charge < -0.3 is 30.1 Å². The Hall–Kier alpha value is -0.890. The van der Waals surface area contributed by atoms with Crippen LogP contribution >= 0.6 is 0 Å². The van der Waals surface area contributed by atoms with E-state index in [0.29, 0.717) is 19.8 Å². The average Bonchev–Trinajstić information content (AvgIpc) is 2.35. The number of hydrogen-bond donors (Lipinski definition) is 3. The van der Waals surface area contributed by atoms with Crippen LogP contribution in [0.2, 0.25) is 0 Å². The van der Waals surface area contributed by atoms with Crippen molar-refractivity contribution in [3.63, 3.8) is 0 Å². The summed E-state index contributed by atoms with van der Waals surface area (Å²) in [5.74, 6) is 0. The van der Waals surface area contributed by atoms with E-state index in [9.17, 15) is 4.79 Å². The number of hydrogen-bond acceptors (Lipinski definition) is 6. The molecule has 7 heteroatoms. The Balaban J connectivity index is 3.42. The van der Waals surface area contributed by atoms with Gasteiger partial charge in [-0.3, -0.25) is 0 Å². The fourth-order valence-corrected chi connectivity index (χ4v) is 1.48. The van der Waals surface area contributed by atoms with Crippen LogP contribution in [0.25, 0.3) is 0 Å². The van der Waals surface area contributed by atoms with Crippen molar-refractivity contribution in [3.05, 3.63) is 0 Å². The molecule has 0 aromatic carbocycles. The molecule has 0 heterocycles. The minimum atomic E-state index is -0.460. The molecular weight excluding hydrogens is 274 g/mol. The zero-order valence-electron chi connectivity index (χ0n) is 13.8. The van der Waals surface area contributed by atoms with E-state index in [-0.39, 0.29) is 12.7 Å². The maximum atomic E-state index is 11.4. The van der Waals surface area contributed by atoms with Crippen LogP contribution in [-0.4, -0.2) is 81.3 Å². The lowest BCUT2D eigenvalue weighted by atomic mass is 10.2. The molecule has 0 aromatic heterocycles. The summed E-state index contributed by atoms with van der Waals surface area (Å²) in [7, 11) is 2.00. The summed E-state index contributed by atoms with van der Waals surface area (Å²) in [6.07, 6.45) is -0.380. The highest BCUT2D eigenvalue weighted by Gasteiger charge is 2.15. The molecule has 0 saturated heterocycles. The first-order valence-corrected chi connectivity index (χ1v) is 7.40. The number of carbonyl (C=O) groups excluding carboxylic acids is 1. The molecule has 0 unspecified atom stereocenters. The number of alkyl carbamates (subject to hydrolysis) is 1. The van der Waals surface area contributed by atoms with Crippen LogP contribution in [0.15, 0.2) is 0 Å². The summed E-state index contributed by atoms with van der Waals surface area (Å²) in [6.45, 7) is 10.4. The van der Waals surface area contributed by atoms with E-state index in [1.54, 1.807) is 0 Å². The van der Waals surface area contributed by atoms with Crippen molar-refractivity contribution in [2.75, 3.05) is 59.6 Å². The SMILES string of the molecule is CN(CCNCCOCCO)CCNC(=O)OC(C)(C)C. The van der Waals surface area contributed by atoms with Gasteiger partial charge >= 0.3 is 6.09 Å². The van der Waals surface area contributed by atoms with Crippen molar-refractivity contribution >= 4 is 6.09 Å². The van der Waals surface area contributed by atoms with Crippen molar-refractivity contribution < 1.29 is 19.4 Å². The molecule has 3 N–H and O–H groups in total. The Kier molecular flexibility index (Phi) is 11.2. The molecule has 7 nitrogen and oxygen atoms in total. The minimum Gasteiger partial charge on any atom is -0.444 e. The van der Waals surface area contributed by atoms with Crippen LogP contribution in [0.4, 0.5) is 4.79 Å². The van der Waals surface area contributed by atoms with E-state index < -0.39 is 5.60 Å². The van der Waals surface area contributed by atoms with Crippen molar-refractivity contribution in [2.24, 2.45) is 0 Å². The summed E-state index contributed by atoms with van der Waals surface area (Å²) in [6, 6.07) is 0. The molecule has 0 radical (unpaired) electrons. The number of nitrogens with one attached hydrogen (secondary N) is 2. The van der Waals surface area contributed by atoms with Crippen LogP contribution in [0.3, 0.4) is 0 Å². The quantitative estimate of drug-likeness (QED) is 0.468. The Morgan fingerprint density at radius 2 is 1.81 bits per heavy atom. The van der Waals surface area contributed by atoms with Gasteiger partial charge in [0.1, 0.15) is 5.60 Å². The molecule has 1 amide bonds. The van der Waals surface area contributed by atoms with E-state index in [2.05, 4.69) is 15.5 Å². The molecule has 0 aliphatic carbocycles. The first-order valence-electron chi connectivity index (χ1n) is 7.40. The van der Waals surface area contributed by atoms with Crippen LogP contribution in [-0.2, 0) is 9.47 Å². The summed E-state index contributed by atoms with van der Waals surface area (Å²) in [4.78, 5) is 13.6. The van der Waals surface area contributed by atoms with Gasteiger partial charge in [0, 0.05) is 32.7 Å². The lowest BCUT2D eigenvalue weighted by Gasteiger charge is -2.21. The number of rotatable bonds is 11. The van der Waals surface area contributed by atoms with Gasteiger partial charge in [0.2, 0.25) is 0 Å². The number of amides is 1. The van der Waals surface area contributed by atoms with Gasteiger partial charge in [-0.1, -0.05) is 0 Å². The smallest absolute Gasteiger partial charge is 0.407 e. The highest BCUT2D eigenvalue weighted by atomic mass is 16.6. The molecule has 21 heavy (non-hydrogen) atoms. The monoisotopic (exact) mass is 305 g/mol. The normalized spacial score (nSPS) is 11.7. The van der Waals surface area contributed by atoms with Gasteiger partial charge in [0.15, 0.2) is 0 Å². The number of aliphatic hydroxyl groups excluding tert-OH is 1. The average molecular weight is 305 g/mol.